The van der Waals surface area contributed by atoms with Crippen LogP contribution in [0, 0.1) is 5.92 Å². The average Bonchev–Trinajstić information content (AvgIpc) is 3.38. The quantitative estimate of drug-likeness (QED) is 0.540. The van der Waals surface area contributed by atoms with E-state index in [1.807, 2.05) is 30.0 Å². The molecule has 0 saturated heterocycles. The fraction of sp³-hybridized carbons (Fsp3) is 0.417. The van der Waals surface area contributed by atoms with Gasteiger partial charge in [0.1, 0.15) is 17.0 Å². The number of likely N-dealkylation sites (N-methyl/N-ethyl adjacent to an activating group) is 1. The van der Waals surface area contributed by atoms with Crippen LogP contribution in [0.1, 0.15) is 29.3 Å². The largest absolute Gasteiger partial charge is 0.383 e. The molecule has 1 aliphatic carbocycles. The molecule has 3 heterocycles. The number of nitrogens with one attached hydrogen (secondary N) is 1. The first-order chi connectivity index (χ1) is 16.1. The molecule has 1 unspecified atom stereocenters. The molecule has 1 aromatic carbocycles. The van der Waals surface area contributed by atoms with E-state index in [0.29, 0.717) is 26.1 Å². The molecule has 1 N–H and O–H groups in total. The summed E-state index contributed by atoms with van der Waals surface area (Å²) in [5, 5.41) is 4.70. The first-order valence-electron chi connectivity index (χ1n) is 11.2. The number of anilines is 2. The highest BCUT2D eigenvalue weighted by Crippen LogP contribution is 2.41. The van der Waals surface area contributed by atoms with Crippen molar-refractivity contribution in [3.05, 3.63) is 40.5 Å². The van der Waals surface area contributed by atoms with Crippen LogP contribution in [0.15, 0.2) is 29.4 Å². The van der Waals surface area contributed by atoms with Crippen LogP contribution in [0.2, 0.25) is 0 Å². The maximum atomic E-state index is 13.1. The van der Waals surface area contributed by atoms with Crippen molar-refractivity contribution in [2.45, 2.75) is 37.5 Å². The van der Waals surface area contributed by atoms with Gasteiger partial charge in [0.25, 0.3) is 0 Å². The predicted molar refractivity (Wildman–Crippen MR) is 131 cm³/mol. The van der Waals surface area contributed by atoms with Crippen molar-refractivity contribution < 1.29 is 14.3 Å². The summed E-state index contributed by atoms with van der Waals surface area (Å²) in [5.41, 5.74) is 3.25. The molecular weight excluding hydrogens is 456 g/mol. The second-order valence-corrected chi connectivity index (χ2v) is 10.5. The van der Waals surface area contributed by atoms with Gasteiger partial charge in [-0.1, -0.05) is 17.8 Å². The number of thioether (sulfide) groups is 1. The highest BCUT2D eigenvalue weighted by atomic mass is 32.2. The molecule has 33 heavy (non-hydrogen) atoms. The molecule has 1 aliphatic heterocycles. The molecule has 2 aliphatic rings. The Morgan fingerprint density at radius 3 is 3.03 bits per heavy atom. The van der Waals surface area contributed by atoms with E-state index >= 15 is 0 Å². The minimum absolute atomic E-state index is 0.00184. The fourth-order valence-electron chi connectivity index (χ4n) is 4.62. The third-order valence-electron chi connectivity index (χ3n) is 6.34. The van der Waals surface area contributed by atoms with Gasteiger partial charge in [-0.3, -0.25) is 9.59 Å². The first-order valence-corrected chi connectivity index (χ1v) is 12.8. The minimum atomic E-state index is -0.00184. The second-order valence-electron chi connectivity index (χ2n) is 8.35. The summed E-state index contributed by atoms with van der Waals surface area (Å²) in [6, 6.07) is 6.03. The Labute approximate surface area is 200 Å². The van der Waals surface area contributed by atoms with Gasteiger partial charge in [-0.25, -0.2) is 9.97 Å². The number of hydrogen-bond acceptors (Lipinski definition) is 8. The van der Waals surface area contributed by atoms with E-state index in [4.69, 9.17) is 4.74 Å². The number of aryl methyl sites for hydroxylation is 1. The topological polar surface area (TPSA) is 84.4 Å². The van der Waals surface area contributed by atoms with Crippen LogP contribution in [0.25, 0.3) is 10.2 Å². The standard InChI is InChI=1S/C24H26N4O3S2/c1-3-28(8-9-31-2)24(30)15-5-7-17-19(10-15)33-23-21(17)22(25-13-26-23)27-16-6-4-14-11-20(29)32-18(14)12-16/h4,6,12-13,15H,3,5,7-11H2,1-2H3,(H,25,26,27). The average molecular weight is 483 g/mol. The number of carbonyl (C=O) groups is 2. The van der Waals surface area contributed by atoms with Gasteiger partial charge in [0.05, 0.1) is 12.0 Å². The number of fused-ring (bicyclic) bond motifs is 4. The van der Waals surface area contributed by atoms with Crippen molar-refractivity contribution in [3.8, 4) is 0 Å². The van der Waals surface area contributed by atoms with Crippen LogP contribution in [0.4, 0.5) is 11.5 Å². The van der Waals surface area contributed by atoms with Crippen LogP contribution in [-0.2, 0) is 33.6 Å². The van der Waals surface area contributed by atoms with Crippen LogP contribution in [0.3, 0.4) is 0 Å². The molecule has 0 fully saturated rings. The van der Waals surface area contributed by atoms with E-state index in [2.05, 4.69) is 15.3 Å². The number of amides is 1. The van der Waals surface area contributed by atoms with Crippen molar-refractivity contribution in [1.29, 1.82) is 0 Å². The first kappa shape index (κ1) is 22.3. The summed E-state index contributed by atoms with van der Waals surface area (Å²) in [6.07, 6.45) is 4.49. The molecule has 1 amide bonds. The van der Waals surface area contributed by atoms with Crippen LogP contribution in [-0.4, -0.2) is 52.7 Å². The highest BCUT2D eigenvalue weighted by Gasteiger charge is 2.31. The molecule has 0 saturated carbocycles. The van der Waals surface area contributed by atoms with Crippen molar-refractivity contribution in [1.82, 2.24) is 14.9 Å². The number of methoxy groups -OCH3 is 1. The van der Waals surface area contributed by atoms with Gasteiger partial charge in [0.2, 0.25) is 5.91 Å². The summed E-state index contributed by atoms with van der Waals surface area (Å²) in [7, 11) is 1.66. The number of aromatic nitrogens is 2. The van der Waals surface area contributed by atoms with Crippen LogP contribution < -0.4 is 5.32 Å². The van der Waals surface area contributed by atoms with Crippen molar-refractivity contribution in [3.63, 3.8) is 0 Å². The van der Waals surface area contributed by atoms with E-state index in [0.717, 1.165) is 51.4 Å². The van der Waals surface area contributed by atoms with Gasteiger partial charge < -0.3 is 15.0 Å². The Hall–Kier alpha value is -2.49. The van der Waals surface area contributed by atoms with E-state index in [9.17, 15) is 9.59 Å². The smallest absolute Gasteiger partial charge is 0.226 e. The lowest BCUT2D eigenvalue weighted by molar-refractivity contribution is -0.136. The molecule has 1 atom stereocenters. The lowest BCUT2D eigenvalue weighted by atomic mass is 9.87. The predicted octanol–water partition coefficient (Wildman–Crippen LogP) is 4.21. The van der Waals surface area contributed by atoms with Crippen LogP contribution >= 0.6 is 23.1 Å². The number of ether oxygens (including phenoxy) is 1. The number of hydrogen-bond donors (Lipinski definition) is 1. The molecular formula is C24H26N4O3S2. The Balaban J connectivity index is 1.40. The Morgan fingerprint density at radius 2 is 2.21 bits per heavy atom. The summed E-state index contributed by atoms with van der Waals surface area (Å²) in [5.74, 6) is 0.997. The zero-order chi connectivity index (χ0) is 22.9. The Morgan fingerprint density at radius 1 is 1.33 bits per heavy atom. The number of thiophene rings is 1. The zero-order valence-electron chi connectivity index (χ0n) is 18.7. The summed E-state index contributed by atoms with van der Waals surface area (Å²) < 4.78 is 5.17. The normalized spacial score (nSPS) is 17.2. The Bertz CT molecular complexity index is 1230. The highest BCUT2D eigenvalue weighted by molar-refractivity contribution is 8.14. The molecule has 7 nitrogen and oxygen atoms in total. The third-order valence-corrected chi connectivity index (χ3v) is 8.48. The lowest BCUT2D eigenvalue weighted by Gasteiger charge is -2.28. The molecule has 3 aromatic rings. The number of benzene rings is 1. The molecule has 172 valence electrons. The summed E-state index contributed by atoms with van der Waals surface area (Å²) in [6.45, 7) is 3.90. The lowest BCUT2D eigenvalue weighted by Crippen LogP contribution is -2.39. The summed E-state index contributed by atoms with van der Waals surface area (Å²) >= 11 is 2.97. The van der Waals surface area contributed by atoms with E-state index in [-0.39, 0.29) is 16.9 Å². The molecule has 0 bridgehead atoms. The fourth-order valence-corrected chi connectivity index (χ4v) is 6.82. The maximum Gasteiger partial charge on any atom is 0.226 e. The third kappa shape index (κ3) is 4.37. The van der Waals surface area contributed by atoms with E-state index in [1.165, 1.54) is 22.2 Å². The van der Waals surface area contributed by atoms with Gasteiger partial charge in [-0.2, -0.15) is 0 Å². The Kier molecular flexibility index (Phi) is 6.36. The second kappa shape index (κ2) is 9.40. The monoisotopic (exact) mass is 482 g/mol. The van der Waals surface area contributed by atoms with E-state index < -0.39 is 0 Å². The van der Waals surface area contributed by atoms with Crippen molar-refractivity contribution in [2.75, 3.05) is 32.1 Å². The summed E-state index contributed by atoms with van der Waals surface area (Å²) in [4.78, 5) is 39.0. The molecule has 2 aromatic heterocycles. The molecule has 5 rings (SSSR count). The van der Waals surface area contributed by atoms with E-state index in [1.54, 1.807) is 24.8 Å². The number of nitrogens with zero attached hydrogens (tertiary/aromatic N) is 3. The van der Waals surface area contributed by atoms with Gasteiger partial charge in [0, 0.05) is 48.0 Å². The number of carbonyl (C=O) groups excluding carboxylic acids is 2. The zero-order valence-corrected chi connectivity index (χ0v) is 20.4. The van der Waals surface area contributed by atoms with Crippen LogP contribution in [0.5, 0.6) is 0 Å². The van der Waals surface area contributed by atoms with Gasteiger partial charge in [-0.15, -0.1) is 11.3 Å². The van der Waals surface area contributed by atoms with Gasteiger partial charge in [-0.05, 0) is 49.4 Å². The minimum Gasteiger partial charge on any atom is -0.383 e. The number of rotatable bonds is 7. The van der Waals surface area contributed by atoms with Gasteiger partial charge >= 0.3 is 0 Å². The molecule has 0 radical (unpaired) electrons. The molecule has 9 heteroatoms. The molecule has 0 spiro atoms. The van der Waals surface area contributed by atoms with Crippen molar-refractivity contribution >= 4 is 55.8 Å². The van der Waals surface area contributed by atoms with Gasteiger partial charge in [0.15, 0.2) is 5.12 Å². The maximum absolute atomic E-state index is 13.1. The SMILES string of the molecule is CCN(CCOC)C(=O)C1CCc2c(sc3ncnc(Nc4ccc5c(c4)SC(=O)C5)c23)C1. The van der Waals surface area contributed by atoms with Crippen molar-refractivity contribution in [2.24, 2.45) is 5.92 Å².